The first-order chi connectivity index (χ1) is 10.7. The Labute approximate surface area is 133 Å². The van der Waals surface area contributed by atoms with Crippen molar-refractivity contribution in [3.05, 3.63) is 35.4 Å². The molecule has 116 valence electrons. The molecule has 0 saturated carbocycles. The van der Waals surface area contributed by atoms with Gasteiger partial charge in [-0.25, -0.2) is 0 Å². The second kappa shape index (κ2) is 6.69. The topological polar surface area (TPSA) is 60.2 Å². The lowest BCUT2D eigenvalue weighted by atomic mass is 9.88. The van der Waals surface area contributed by atoms with Gasteiger partial charge in [-0.15, -0.1) is 11.6 Å². The van der Waals surface area contributed by atoms with Crippen molar-refractivity contribution in [3.8, 4) is 0 Å². The van der Waals surface area contributed by atoms with Gasteiger partial charge in [0.1, 0.15) is 24.2 Å². The smallest absolute Gasteiger partial charge is 0.209 e. The number of rotatable bonds is 3. The van der Waals surface area contributed by atoms with Crippen LogP contribution in [-0.2, 0) is 4.74 Å². The molecule has 22 heavy (non-hydrogen) atoms. The molecule has 6 heteroatoms. The number of aliphatic imine (C=N–C) groups is 1. The molecule has 0 aromatic heterocycles. The van der Waals surface area contributed by atoms with E-state index in [4.69, 9.17) is 16.3 Å². The highest BCUT2D eigenvalue weighted by molar-refractivity contribution is 6.64. The number of fused-ring (bicyclic) bond motifs is 1. The lowest BCUT2D eigenvalue weighted by molar-refractivity contribution is -0.906. The Morgan fingerprint density at radius 2 is 1.86 bits per heavy atom. The molecule has 1 fully saturated rings. The van der Waals surface area contributed by atoms with E-state index in [9.17, 15) is 9.59 Å². The Hall–Kier alpha value is -1.56. The van der Waals surface area contributed by atoms with Crippen LogP contribution < -0.4 is 4.90 Å². The molecule has 1 atom stereocenters. The highest BCUT2D eigenvalue weighted by Gasteiger charge is 2.36. The van der Waals surface area contributed by atoms with Crippen LogP contribution in [0.2, 0.25) is 0 Å². The van der Waals surface area contributed by atoms with E-state index in [1.807, 2.05) is 0 Å². The molecule has 0 bridgehead atoms. The fourth-order valence-corrected chi connectivity index (χ4v) is 3.09. The van der Waals surface area contributed by atoms with Crippen molar-refractivity contribution < 1.29 is 19.2 Å². The molecule has 1 aromatic carbocycles. The number of carbonyl (C=O) groups excluding carboxylic acids is 2. The number of hydrogen-bond acceptors (Lipinski definition) is 4. The van der Waals surface area contributed by atoms with E-state index >= 15 is 0 Å². The maximum absolute atomic E-state index is 12.5. The van der Waals surface area contributed by atoms with Gasteiger partial charge in [0, 0.05) is 11.1 Å². The minimum absolute atomic E-state index is 0.179. The van der Waals surface area contributed by atoms with Gasteiger partial charge in [-0.3, -0.25) is 14.6 Å². The van der Waals surface area contributed by atoms with Gasteiger partial charge < -0.3 is 9.64 Å². The summed E-state index contributed by atoms with van der Waals surface area (Å²) in [5.41, 5.74) is 0.977. The maximum atomic E-state index is 12.5. The van der Waals surface area contributed by atoms with Crippen molar-refractivity contribution in [3.63, 3.8) is 0 Å². The average molecular weight is 322 g/mol. The van der Waals surface area contributed by atoms with Gasteiger partial charge >= 0.3 is 0 Å². The van der Waals surface area contributed by atoms with Crippen LogP contribution in [0.15, 0.2) is 29.3 Å². The molecule has 1 unspecified atom stereocenters. The largest absolute Gasteiger partial charge is 0.370 e. The number of nitrogens with one attached hydrogen (secondary N) is 1. The number of carbonyl (C=O) groups is 2. The summed E-state index contributed by atoms with van der Waals surface area (Å²) in [4.78, 5) is 30.5. The molecular weight excluding hydrogens is 304 g/mol. The number of ether oxygens (including phenoxy) is 1. The zero-order valence-electron chi connectivity index (χ0n) is 12.2. The second-order valence-corrected chi connectivity index (χ2v) is 5.92. The molecule has 3 rings (SSSR count). The molecule has 1 aliphatic heterocycles. The normalized spacial score (nSPS) is 24.6. The monoisotopic (exact) mass is 321 g/mol. The fraction of sp³-hybridized carbons (Fsp3) is 0.438. The number of hydrogen-bond donors (Lipinski definition) is 1. The zero-order chi connectivity index (χ0) is 15.5. The van der Waals surface area contributed by atoms with E-state index in [-0.39, 0.29) is 17.3 Å². The van der Waals surface area contributed by atoms with E-state index in [1.165, 1.54) is 4.90 Å². The number of ketones is 2. The van der Waals surface area contributed by atoms with E-state index in [1.54, 1.807) is 24.3 Å². The predicted molar refractivity (Wildman–Crippen MR) is 83.4 cm³/mol. The van der Waals surface area contributed by atoms with Gasteiger partial charge in [-0.1, -0.05) is 24.3 Å². The number of alkyl halides is 1. The molecular formula is C16H18ClN2O3+. The summed E-state index contributed by atoms with van der Waals surface area (Å²) in [6, 6.07) is 6.77. The summed E-state index contributed by atoms with van der Waals surface area (Å²) in [6.07, 6.45) is 0. The summed E-state index contributed by atoms with van der Waals surface area (Å²) >= 11 is 6.15. The van der Waals surface area contributed by atoms with Gasteiger partial charge in [-0.2, -0.15) is 0 Å². The van der Waals surface area contributed by atoms with E-state index in [0.29, 0.717) is 17.7 Å². The molecule has 2 aliphatic rings. The van der Waals surface area contributed by atoms with Crippen LogP contribution >= 0.6 is 11.6 Å². The lowest BCUT2D eigenvalue weighted by Gasteiger charge is -2.23. The minimum atomic E-state index is -0.970. The quantitative estimate of drug-likeness (QED) is 0.799. The molecule has 1 aliphatic carbocycles. The first-order valence-electron chi connectivity index (χ1n) is 7.46. The van der Waals surface area contributed by atoms with Gasteiger partial charge in [0.2, 0.25) is 5.78 Å². The van der Waals surface area contributed by atoms with Crippen molar-refractivity contribution >= 4 is 28.9 Å². The third-order valence-corrected chi connectivity index (χ3v) is 4.49. The van der Waals surface area contributed by atoms with E-state index in [2.05, 4.69) is 4.99 Å². The van der Waals surface area contributed by atoms with Crippen LogP contribution in [0.25, 0.3) is 0 Å². The number of quaternary nitrogens is 1. The van der Waals surface area contributed by atoms with Gasteiger partial charge in [0.25, 0.3) is 0 Å². The fourth-order valence-electron chi connectivity index (χ4n) is 2.81. The van der Waals surface area contributed by atoms with Crippen molar-refractivity contribution in [2.45, 2.75) is 5.38 Å². The standard InChI is InChI=1S/C16H17ClN2O3/c17-13-14(18-5-6-19-7-9-22-10-8-19)16(21)12-4-2-1-3-11(12)15(13)20/h1-4,13H,5-10H2/p+1. The molecule has 0 spiro atoms. The van der Waals surface area contributed by atoms with Crippen LogP contribution in [0.5, 0.6) is 0 Å². The summed E-state index contributed by atoms with van der Waals surface area (Å²) in [6.45, 7) is 4.73. The molecule has 1 heterocycles. The van der Waals surface area contributed by atoms with Crippen LogP contribution in [-0.4, -0.2) is 62.0 Å². The lowest BCUT2D eigenvalue weighted by Crippen LogP contribution is -3.14. The Morgan fingerprint density at radius 3 is 2.59 bits per heavy atom. The first-order valence-corrected chi connectivity index (χ1v) is 7.90. The predicted octanol–water partition coefficient (Wildman–Crippen LogP) is 0.0291. The summed E-state index contributed by atoms with van der Waals surface area (Å²) in [5.74, 6) is -0.471. The van der Waals surface area contributed by atoms with Gasteiger partial charge in [-0.05, 0) is 0 Å². The highest BCUT2D eigenvalue weighted by atomic mass is 35.5. The van der Waals surface area contributed by atoms with E-state index < -0.39 is 5.38 Å². The third-order valence-electron chi connectivity index (χ3n) is 4.09. The Bertz CT molecular complexity index is 624. The molecule has 1 saturated heterocycles. The third kappa shape index (κ3) is 2.97. The first kappa shape index (κ1) is 15.3. The Morgan fingerprint density at radius 1 is 1.18 bits per heavy atom. The molecule has 5 nitrogen and oxygen atoms in total. The minimum Gasteiger partial charge on any atom is -0.370 e. The highest BCUT2D eigenvalue weighted by Crippen LogP contribution is 2.23. The molecule has 0 amide bonds. The number of morpholine rings is 1. The maximum Gasteiger partial charge on any atom is 0.209 e. The van der Waals surface area contributed by atoms with Crippen LogP contribution in [0.3, 0.4) is 0 Å². The average Bonchev–Trinajstić information content (AvgIpc) is 2.57. The number of benzene rings is 1. The SMILES string of the molecule is O=C1C(=NCC[NH+]2CCOCC2)C(Cl)C(=O)c2ccccc21. The van der Waals surface area contributed by atoms with Crippen LogP contribution in [0.4, 0.5) is 0 Å². The molecule has 1 aromatic rings. The second-order valence-electron chi connectivity index (χ2n) is 5.48. The van der Waals surface area contributed by atoms with Crippen molar-refractivity contribution in [2.24, 2.45) is 4.99 Å². The molecule has 0 radical (unpaired) electrons. The number of halogens is 1. The zero-order valence-corrected chi connectivity index (χ0v) is 12.9. The summed E-state index contributed by atoms with van der Waals surface area (Å²) in [7, 11) is 0. The Kier molecular flexibility index (Phi) is 4.66. The van der Waals surface area contributed by atoms with Gasteiger partial charge in [0.15, 0.2) is 5.78 Å². The van der Waals surface area contributed by atoms with Crippen molar-refractivity contribution in [2.75, 3.05) is 39.4 Å². The van der Waals surface area contributed by atoms with Crippen molar-refractivity contribution in [1.82, 2.24) is 0 Å². The number of nitrogens with zero attached hydrogens (tertiary/aromatic N) is 1. The van der Waals surface area contributed by atoms with Gasteiger partial charge in [0.05, 0.1) is 26.3 Å². The van der Waals surface area contributed by atoms with Crippen LogP contribution in [0.1, 0.15) is 20.7 Å². The molecule has 1 N–H and O–H groups in total. The summed E-state index contributed by atoms with van der Waals surface area (Å²) in [5, 5.41) is -0.970. The Balaban J connectivity index is 1.74. The van der Waals surface area contributed by atoms with Crippen molar-refractivity contribution in [1.29, 1.82) is 0 Å². The number of Topliss-reactive ketones (excluding diaryl/α,β-unsaturated/α-hetero) is 2. The summed E-state index contributed by atoms with van der Waals surface area (Å²) < 4.78 is 5.31. The van der Waals surface area contributed by atoms with E-state index in [0.717, 1.165) is 32.8 Å². The van der Waals surface area contributed by atoms with Crippen LogP contribution in [0, 0.1) is 0 Å².